The largest absolute Gasteiger partial charge is 0.379 e. The van der Waals surface area contributed by atoms with Crippen molar-refractivity contribution in [3.05, 3.63) is 0 Å². The van der Waals surface area contributed by atoms with Crippen molar-refractivity contribution in [1.82, 2.24) is 0 Å². The molecule has 0 aliphatic carbocycles. The molecular formula is C9H20O3. The Balaban J connectivity index is 3.00. The van der Waals surface area contributed by atoms with Gasteiger partial charge in [-0.3, -0.25) is 0 Å². The van der Waals surface area contributed by atoms with Crippen LogP contribution in [0.4, 0.5) is 0 Å². The normalized spacial score (nSPS) is 13.8. The minimum absolute atomic E-state index is 0.170. The Morgan fingerprint density at radius 3 is 2.25 bits per heavy atom. The third-order valence-electron chi connectivity index (χ3n) is 1.43. The first-order valence-electron chi connectivity index (χ1n) is 4.39. The molecule has 0 spiro atoms. The highest BCUT2D eigenvalue weighted by molar-refractivity contribution is 4.44. The molecule has 0 rings (SSSR count). The quantitative estimate of drug-likeness (QED) is 0.550. The molecular weight excluding hydrogens is 156 g/mol. The van der Waals surface area contributed by atoms with Gasteiger partial charge in [0.1, 0.15) is 0 Å². The van der Waals surface area contributed by atoms with E-state index in [1.54, 1.807) is 7.11 Å². The van der Waals surface area contributed by atoms with E-state index in [1.807, 2.05) is 20.8 Å². The van der Waals surface area contributed by atoms with Gasteiger partial charge in [0.25, 0.3) is 0 Å². The topological polar surface area (TPSA) is 27.7 Å². The van der Waals surface area contributed by atoms with Crippen LogP contribution in [0.25, 0.3) is 0 Å². The number of ether oxygens (including phenoxy) is 3. The van der Waals surface area contributed by atoms with Gasteiger partial charge < -0.3 is 14.2 Å². The molecule has 12 heavy (non-hydrogen) atoms. The fourth-order valence-electron chi connectivity index (χ4n) is 0.660. The first-order valence-corrected chi connectivity index (χ1v) is 4.39. The van der Waals surface area contributed by atoms with E-state index in [2.05, 4.69) is 0 Å². The van der Waals surface area contributed by atoms with Gasteiger partial charge in [-0.1, -0.05) is 0 Å². The molecule has 0 aromatic rings. The molecule has 1 unspecified atom stereocenters. The Kier molecular flexibility index (Phi) is 7.45. The van der Waals surface area contributed by atoms with Gasteiger partial charge in [-0.2, -0.15) is 0 Å². The first-order chi connectivity index (χ1) is 5.66. The predicted octanol–water partition coefficient (Wildman–Crippen LogP) is 1.46. The summed E-state index contributed by atoms with van der Waals surface area (Å²) in [6.07, 6.45) is 0.456. The van der Waals surface area contributed by atoms with Crippen molar-refractivity contribution in [1.29, 1.82) is 0 Å². The minimum atomic E-state index is 0.170. The van der Waals surface area contributed by atoms with Gasteiger partial charge in [-0.15, -0.1) is 0 Å². The molecule has 1 atom stereocenters. The fourth-order valence-corrected chi connectivity index (χ4v) is 0.660. The summed E-state index contributed by atoms with van der Waals surface area (Å²) in [7, 11) is 1.68. The van der Waals surface area contributed by atoms with E-state index in [9.17, 15) is 0 Å². The van der Waals surface area contributed by atoms with E-state index < -0.39 is 0 Å². The average Bonchev–Trinajstić information content (AvgIpc) is 2.03. The molecule has 0 radical (unpaired) electrons. The van der Waals surface area contributed by atoms with Crippen LogP contribution in [0.15, 0.2) is 0 Å². The van der Waals surface area contributed by atoms with Crippen molar-refractivity contribution in [2.45, 2.75) is 33.0 Å². The number of methoxy groups -OCH3 is 1. The summed E-state index contributed by atoms with van der Waals surface area (Å²) in [4.78, 5) is 0. The molecule has 0 fully saturated rings. The first kappa shape index (κ1) is 11.9. The Bertz CT molecular complexity index is 93.8. The van der Waals surface area contributed by atoms with Crippen LogP contribution in [0, 0.1) is 0 Å². The van der Waals surface area contributed by atoms with Gasteiger partial charge in [0, 0.05) is 7.11 Å². The summed E-state index contributed by atoms with van der Waals surface area (Å²) in [6.45, 7) is 7.94. The van der Waals surface area contributed by atoms with Crippen LogP contribution in [0.1, 0.15) is 20.8 Å². The van der Waals surface area contributed by atoms with E-state index >= 15 is 0 Å². The zero-order valence-corrected chi connectivity index (χ0v) is 8.50. The standard InChI is InChI=1S/C9H20O3/c1-8(2)12-6-5-11-7-9(3)10-4/h8-9H,5-7H2,1-4H3. The third-order valence-corrected chi connectivity index (χ3v) is 1.43. The van der Waals surface area contributed by atoms with Crippen LogP contribution in [0.5, 0.6) is 0 Å². The van der Waals surface area contributed by atoms with Gasteiger partial charge in [-0.05, 0) is 20.8 Å². The van der Waals surface area contributed by atoms with E-state index in [-0.39, 0.29) is 12.2 Å². The van der Waals surface area contributed by atoms with Crippen molar-refractivity contribution < 1.29 is 14.2 Å². The molecule has 0 saturated carbocycles. The summed E-state index contributed by atoms with van der Waals surface area (Å²) in [5, 5.41) is 0. The molecule has 0 aliphatic heterocycles. The molecule has 0 amide bonds. The van der Waals surface area contributed by atoms with Gasteiger partial charge >= 0.3 is 0 Å². The Labute approximate surface area is 75.0 Å². The lowest BCUT2D eigenvalue weighted by atomic mass is 10.4. The summed E-state index contributed by atoms with van der Waals surface area (Å²) >= 11 is 0. The minimum Gasteiger partial charge on any atom is -0.379 e. The van der Waals surface area contributed by atoms with Crippen molar-refractivity contribution >= 4 is 0 Å². The van der Waals surface area contributed by atoms with Crippen LogP contribution in [0.2, 0.25) is 0 Å². The Morgan fingerprint density at radius 2 is 1.75 bits per heavy atom. The van der Waals surface area contributed by atoms with Crippen molar-refractivity contribution in [2.24, 2.45) is 0 Å². The maximum Gasteiger partial charge on any atom is 0.0776 e. The molecule has 0 aromatic carbocycles. The lowest BCUT2D eigenvalue weighted by Crippen LogP contribution is -2.17. The molecule has 74 valence electrons. The van der Waals surface area contributed by atoms with Crippen LogP contribution < -0.4 is 0 Å². The number of rotatable bonds is 7. The van der Waals surface area contributed by atoms with Gasteiger partial charge in [-0.25, -0.2) is 0 Å². The maximum atomic E-state index is 5.29. The molecule has 3 nitrogen and oxygen atoms in total. The van der Waals surface area contributed by atoms with Crippen LogP contribution >= 0.6 is 0 Å². The molecule has 0 bridgehead atoms. The summed E-state index contributed by atoms with van der Waals surface area (Å²) in [6, 6.07) is 0. The van der Waals surface area contributed by atoms with E-state index in [0.29, 0.717) is 19.8 Å². The SMILES string of the molecule is COC(C)COCCOC(C)C. The smallest absolute Gasteiger partial charge is 0.0776 e. The third kappa shape index (κ3) is 7.98. The lowest BCUT2D eigenvalue weighted by Gasteiger charge is -2.11. The Hall–Kier alpha value is -0.120. The summed E-state index contributed by atoms with van der Waals surface area (Å²) in [5.74, 6) is 0. The molecule has 0 heterocycles. The maximum absolute atomic E-state index is 5.29. The second-order valence-corrected chi connectivity index (χ2v) is 3.04. The fraction of sp³-hybridized carbons (Fsp3) is 1.00. The zero-order chi connectivity index (χ0) is 9.40. The van der Waals surface area contributed by atoms with Crippen molar-refractivity contribution in [3.8, 4) is 0 Å². The summed E-state index contributed by atoms with van der Waals surface area (Å²) in [5.41, 5.74) is 0. The van der Waals surface area contributed by atoms with Gasteiger partial charge in [0.2, 0.25) is 0 Å². The number of hydrogen-bond acceptors (Lipinski definition) is 3. The molecule has 0 aliphatic rings. The van der Waals surface area contributed by atoms with E-state index in [0.717, 1.165) is 0 Å². The van der Waals surface area contributed by atoms with Crippen molar-refractivity contribution in [3.63, 3.8) is 0 Å². The molecule has 3 heteroatoms. The highest BCUT2D eigenvalue weighted by atomic mass is 16.5. The lowest BCUT2D eigenvalue weighted by molar-refractivity contribution is -0.0177. The van der Waals surface area contributed by atoms with E-state index in [4.69, 9.17) is 14.2 Å². The summed E-state index contributed by atoms with van der Waals surface area (Å²) < 4.78 is 15.6. The molecule has 0 saturated heterocycles. The Morgan fingerprint density at radius 1 is 1.08 bits per heavy atom. The molecule has 0 N–H and O–H groups in total. The average molecular weight is 176 g/mol. The highest BCUT2D eigenvalue weighted by Gasteiger charge is 1.98. The van der Waals surface area contributed by atoms with Crippen LogP contribution in [-0.2, 0) is 14.2 Å². The van der Waals surface area contributed by atoms with Crippen LogP contribution in [-0.4, -0.2) is 39.1 Å². The highest BCUT2D eigenvalue weighted by Crippen LogP contribution is 1.90. The van der Waals surface area contributed by atoms with Crippen LogP contribution in [0.3, 0.4) is 0 Å². The second kappa shape index (κ2) is 7.53. The van der Waals surface area contributed by atoms with Gasteiger partial charge in [0.05, 0.1) is 32.0 Å². The van der Waals surface area contributed by atoms with Gasteiger partial charge in [0.15, 0.2) is 0 Å². The molecule has 0 aromatic heterocycles. The zero-order valence-electron chi connectivity index (χ0n) is 8.50. The van der Waals surface area contributed by atoms with E-state index in [1.165, 1.54) is 0 Å². The predicted molar refractivity (Wildman–Crippen MR) is 48.4 cm³/mol. The van der Waals surface area contributed by atoms with Crippen molar-refractivity contribution in [2.75, 3.05) is 26.9 Å². The monoisotopic (exact) mass is 176 g/mol. The second-order valence-electron chi connectivity index (χ2n) is 3.04. The number of hydrogen-bond donors (Lipinski definition) is 0.